The molecule has 2 aromatic rings. The van der Waals surface area contributed by atoms with Crippen LogP contribution in [0.1, 0.15) is 15.9 Å². The molecule has 0 heterocycles. The van der Waals surface area contributed by atoms with Gasteiger partial charge in [-0.05, 0) is 31.3 Å². The number of rotatable bonds is 6. The number of likely N-dealkylation sites (N-methyl/N-ethyl adjacent to an activating group) is 1. The van der Waals surface area contributed by atoms with Crippen molar-refractivity contribution in [1.82, 2.24) is 5.32 Å². The highest BCUT2D eigenvalue weighted by atomic mass is 16.7. The minimum absolute atomic E-state index is 0.0799. The van der Waals surface area contributed by atoms with Gasteiger partial charge in [0.25, 0.3) is 0 Å². The molecule has 5 heteroatoms. The molecule has 0 aliphatic rings. The van der Waals surface area contributed by atoms with Gasteiger partial charge in [-0.15, -0.1) is 0 Å². The smallest absolute Gasteiger partial charge is 0.433 e. The van der Waals surface area contributed by atoms with E-state index in [1.54, 1.807) is 43.4 Å². The highest BCUT2D eigenvalue weighted by Gasteiger charge is 2.10. The molecule has 1 N–H and O–H groups in total. The van der Waals surface area contributed by atoms with Crippen LogP contribution in [-0.2, 0) is 4.74 Å². The Labute approximate surface area is 128 Å². The molecule has 0 aromatic heterocycles. The average Bonchev–Trinajstić information content (AvgIpc) is 2.56. The van der Waals surface area contributed by atoms with Gasteiger partial charge in [0.15, 0.2) is 5.78 Å². The Balaban J connectivity index is 1.96. The zero-order valence-corrected chi connectivity index (χ0v) is 12.2. The van der Waals surface area contributed by atoms with E-state index in [2.05, 4.69) is 5.32 Å². The first kappa shape index (κ1) is 15.7. The first-order valence-electron chi connectivity index (χ1n) is 6.89. The molecular formula is C17H17NO4. The van der Waals surface area contributed by atoms with Crippen LogP contribution in [0.15, 0.2) is 54.6 Å². The van der Waals surface area contributed by atoms with Crippen molar-refractivity contribution in [3.63, 3.8) is 0 Å². The number of hydrogen-bond donors (Lipinski definition) is 1. The van der Waals surface area contributed by atoms with Crippen LogP contribution in [0.4, 0.5) is 4.79 Å². The molecule has 0 aliphatic carbocycles. The van der Waals surface area contributed by atoms with Gasteiger partial charge in [0.2, 0.25) is 0 Å². The fraction of sp³-hybridized carbons (Fsp3) is 0.176. The van der Waals surface area contributed by atoms with Crippen molar-refractivity contribution in [2.45, 2.75) is 0 Å². The maximum absolute atomic E-state index is 12.2. The molecule has 0 radical (unpaired) electrons. The third-order valence-corrected chi connectivity index (χ3v) is 2.93. The Bertz CT molecular complexity index is 623. The zero-order valence-electron chi connectivity index (χ0n) is 12.2. The zero-order chi connectivity index (χ0) is 15.8. The average molecular weight is 299 g/mol. The topological polar surface area (TPSA) is 64.6 Å². The van der Waals surface area contributed by atoms with E-state index in [4.69, 9.17) is 9.47 Å². The number of carbonyl (C=O) groups excluding carboxylic acids is 2. The lowest BCUT2D eigenvalue weighted by Gasteiger charge is -2.06. The maximum Gasteiger partial charge on any atom is 0.513 e. The predicted molar refractivity (Wildman–Crippen MR) is 82.2 cm³/mol. The van der Waals surface area contributed by atoms with Crippen LogP contribution in [-0.4, -0.2) is 32.1 Å². The van der Waals surface area contributed by atoms with Gasteiger partial charge in [0, 0.05) is 17.7 Å². The molecule has 0 unspecified atom stereocenters. The third kappa shape index (κ3) is 4.43. The predicted octanol–water partition coefficient (Wildman–Crippen LogP) is 2.65. The third-order valence-electron chi connectivity index (χ3n) is 2.93. The minimum atomic E-state index is -0.766. The van der Waals surface area contributed by atoms with Crippen LogP contribution in [0.3, 0.4) is 0 Å². The van der Waals surface area contributed by atoms with Crippen LogP contribution in [0.2, 0.25) is 0 Å². The molecule has 114 valence electrons. The lowest BCUT2D eigenvalue weighted by molar-refractivity contribution is 0.100. The SMILES string of the molecule is CNCCOC(=O)Oc1ccc(C(=O)c2ccccc2)cc1. The van der Waals surface area contributed by atoms with Crippen LogP contribution < -0.4 is 10.1 Å². The Kier molecular flexibility index (Phi) is 5.68. The van der Waals surface area contributed by atoms with E-state index in [1.165, 1.54) is 0 Å². The summed E-state index contributed by atoms with van der Waals surface area (Å²) in [6.07, 6.45) is -0.766. The summed E-state index contributed by atoms with van der Waals surface area (Å²) >= 11 is 0. The van der Waals surface area contributed by atoms with Crippen molar-refractivity contribution >= 4 is 11.9 Å². The Hall–Kier alpha value is -2.66. The quantitative estimate of drug-likeness (QED) is 0.384. The van der Waals surface area contributed by atoms with Crippen LogP contribution >= 0.6 is 0 Å². The molecule has 5 nitrogen and oxygen atoms in total. The molecule has 22 heavy (non-hydrogen) atoms. The van der Waals surface area contributed by atoms with Gasteiger partial charge >= 0.3 is 6.16 Å². The van der Waals surface area contributed by atoms with Gasteiger partial charge in [-0.2, -0.15) is 0 Å². The largest absolute Gasteiger partial charge is 0.513 e. The van der Waals surface area contributed by atoms with E-state index in [0.29, 0.717) is 23.4 Å². The Morgan fingerprint density at radius 2 is 1.59 bits per heavy atom. The molecule has 0 saturated carbocycles. The fourth-order valence-corrected chi connectivity index (χ4v) is 1.79. The van der Waals surface area contributed by atoms with Crippen molar-refractivity contribution < 1.29 is 19.1 Å². The van der Waals surface area contributed by atoms with Crippen molar-refractivity contribution in [2.75, 3.05) is 20.2 Å². The molecule has 2 aromatic carbocycles. The number of ether oxygens (including phenoxy) is 2. The summed E-state index contributed by atoms with van der Waals surface area (Å²) in [5.74, 6) is 0.253. The highest BCUT2D eigenvalue weighted by Crippen LogP contribution is 2.16. The molecule has 0 fully saturated rings. The minimum Gasteiger partial charge on any atom is -0.433 e. The first-order chi connectivity index (χ1) is 10.7. The van der Waals surface area contributed by atoms with E-state index in [9.17, 15) is 9.59 Å². The lowest BCUT2D eigenvalue weighted by Crippen LogP contribution is -2.19. The van der Waals surface area contributed by atoms with Crippen molar-refractivity contribution in [1.29, 1.82) is 0 Å². The number of nitrogens with one attached hydrogen (secondary N) is 1. The van der Waals surface area contributed by atoms with Crippen LogP contribution in [0.5, 0.6) is 5.75 Å². The number of hydrogen-bond acceptors (Lipinski definition) is 5. The fourth-order valence-electron chi connectivity index (χ4n) is 1.79. The van der Waals surface area contributed by atoms with Gasteiger partial charge in [0.05, 0.1) is 0 Å². The van der Waals surface area contributed by atoms with E-state index in [-0.39, 0.29) is 12.4 Å². The van der Waals surface area contributed by atoms with Crippen molar-refractivity contribution in [3.05, 3.63) is 65.7 Å². The second kappa shape index (κ2) is 7.95. The van der Waals surface area contributed by atoms with Gasteiger partial charge < -0.3 is 14.8 Å². The number of carbonyl (C=O) groups is 2. The highest BCUT2D eigenvalue weighted by molar-refractivity contribution is 6.09. The molecule has 0 bridgehead atoms. The van der Waals surface area contributed by atoms with Gasteiger partial charge in [-0.25, -0.2) is 4.79 Å². The summed E-state index contributed by atoms with van der Waals surface area (Å²) in [6, 6.07) is 15.4. The number of benzene rings is 2. The standard InChI is InChI=1S/C17H17NO4/c1-18-11-12-21-17(20)22-15-9-7-14(8-10-15)16(19)13-5-3-2-4-6-13/h2-10,18H,11-12H2,1H3. The molecule has 2 rings (SSSR count). The maximum atomic E-state index is 12.2. The number of ketones is 1. The summed E-state index contributed by atoms with van der Waals surface area (Å²) in [4.78, 5) is 23.6. The monoisotopic (exact) mass is 299 g/mol. The summed E-state index contributed by atoms with van der Waals surface area (Å²) < 4.78 is 9.84. The summed E-state index contributed by atoms with van der Waals surface area (Å²) in [5.41, 5.74) is 1.14. The molecule has 0 saturated heterocycles. The molecule has 0 atom stereocenters. The van der Waals surface area contributed by atoms with Crippen LogP contribution in [0.25, 0.3) is 0 Å². The Morgan fingerprint density at radius 3 is 2.23 bits per heavy atom. The van der Waals surface area contributed by atoms with E-state index in [1.807, 2.05) is 18.2 Å². The van der Waals surface area contributed by atoms with Crippen molar-refractivity contribution in [3.8, 4) is 5.75 Å². The normalized spacial score (nSPS) is 10.0. The van der Waals surface area contributed by atoms with E-state index in [0.717, 1.165) is 0 Å². The van der Waals surface area contributed by atoms with E-state index < -0.39 is 6.16 Å². The summed E-state index contributed by atoms with van der Waals surface area (Å²) in [6.45, 7) is 0.791. The van der Waals surface area contributed by atoms with E-state index >= 15 is 0 Å². The van der Waals surface area contributed by atoms with Crippen molar-refractivity contribution in [2.24, 2.45) is 0 Å². The second-order valence-electron chi connectivity index (χ2n) is 4.52. The Morgan fingerprint density at radius 1 is 0.955 bits per heavy atom. The second-order valence-corrected chi connectivity index (χ2v) is 4.52. The summed E-state index contributed by atoms with van der Waals surface area (Å²) in [5, 5.41) is 2.85. The molecular weight excluding hydrogens is 282 g/mol. The molecule has 0 spiro atoms. The molecule has 0 aliphatic heterocycles. The lowest BCUT2D eigenvalue weighted by atomic mass is 10.0. The van der Waals surface area contributed by atoms with Gasteiger partial charge in [-0.1, -0.05) is 30.3 Å². The molecule has 0 amide bonds. The van der Waals surface area contributed by atoms with Gasteiger partial charge in [0.1, 0.15) is 12.4 Å². The van der Waals surface area contributed by atoms with Crippen LogP contribution in [0, 0.1) is 0 Å². The first-order valence-corrected chi connectivity index (χ1v) is 6.89. The summed E-state index contributed by atoms with van der Waals surface area (Å²) in [7, 11) is 1.76. The van der Waals surface area contributed by atoms with Gasteiger partial charge in [-0.3, -0.25) is 4.79 Å².